The molecule has 0 unspecified atom stereocenters. The lowest BCUT2D eigenvalue weighted by Gasteiger charge is -2.30. The molecule has 2 atom stereocenters. The number of hydrogen-bond donors (Lipinski definition) is 3. The van der Waals surface area contributed by atoms with Gasteiger partial charge in [0.25, 0.3) is 0 Å². The Morgan fingerprint density at radius 2 is 1.21 bits per heavy atom. The number of carbonyl (C=O) groups is 3. The fourth-order valence-corrected chi connectivity index (χ4v) is 7.32. The molecule has 2 aromatic heterocycles. The highest BCUT2D eigenvalue weighted by molar-refractivity contribution is 5.94. The number of methoxy groups -OCH3 is 2. The summed E-state index contributed by atoms with van der Waals surface area (Å²) in [6.07, 6.45) is 2.23. The van der Waals surface area contributed by atoms with Crippen LogP contribution in [0.3, 0.4) is 0 Å². The Hall–Kier alpha value is -6.37. The molecular weight excluding hydrogens is 660 g/mol. The van der Waals surface area contributed by atoms with Crippen molar-refractivity contribution in [3.05, 3.63) is 103 Å². The number of imidazole rings is 2. The van der Waals surface area contributed by atoms with E-state index in [9.17, 15) is 14.4 Å². The number of nitrogens with zero attached hydrogens (tertiary/aromatic N) is 5. The van der Waals surface area contributed by atoms with Crippen LogP contribution in [0.1, 0.15) is 49.4 Å². The number of ether oxygens (including phenoxy) is 2. The summed E-state index contributed by atoms with van der Waals surface area (Å²) >= 11 is 0. The van der Waals surface area contributed by atoms with Crippen LogP contribution >= 0.6 is 0 Å². The first-order chi connectivity index (χ1) is 25.4. The number of para-hydroxylation sites is 1. The predicted molar refractivity (Wildman–Crippen MR) is 196 cm³/mol. The van der Waals surface area contributed by atoms with Crippen LogP contribution in [0, 0.1) is 0 Å². The first-order valence-corrected chi connectivity index (χ1v) is 17.4. The van der Waals surface area contributed by atoms with Crippen molar-refractivity contribution in [3.63, 3.8) is 0 Å². The van der Waals surface area contributed by atoms with Crippen molar-refractivity contribution in [2.45, 2.75) is 37.8 Å². The number of benzene rings is 4. The SMILES string of the molecule is COC(=O)NN(C(=O)N1CCC[C@H]1c1nc2ccc(-c3ccc(-c4ccc5nc([C@@H]6CCCN6C(=O)OC)[nH]c5c4)cc3)cc2[nH]1)c1ccccc1. The smallest absolute Gasteiger partial charge is 0.426 e. The molecule has 13 heteroatoms. The fraction of sp³-hybridized carbons (Fsp3) is 0.256. The van der Waals surface area contributed by atoms with Crippen molar-refractivity contribution in [1.82, 2.24) is 35.2 Å². The Morgan fingerprint density at radius 3 is 1.75 bits per heavy atom. The number of H-pyrrole nitrogens is 2. The molecule has 8 rings (SSSR count). The zero-order chi connectivity index (χ0) is 35.8. The number of carbonyl (C=O) groups excluding carboxylic acids is 3. The van der Waals surface area contributed by atoms with Gasteiger partial charge in [0.05, 0.1) is 54.1 Å². The normalized spacial score (nSPS) is 17.1. The third-order valence-electron chi connectivity index (χ3n) is 9.94. The van der Waals surface area contributed by atoms with E-state index in [-0.39, 0.29) is 24.2 Å². The molecule has 264 valence electrons. The van der Waals surface area contributed by atoms with Crippen molar-refractivity contribution in [1.29, 1.82) is 0 Å². The molecule has 0 radical (unpaired) electrons. The third-order valence-corrected chi connectivity index (χ3v) is 9.94. The van der Waals surface area contributed by atoms with Gasteiger partial charge in [0, 0.05) is 13.1 Å². The second kappa shape index (κ2) is 13.7. The van der Waals surface area contributed by atoms with Gasteiger partial charge in [-0.3, -0.25) is 4.90 Å². The molecule has 2 fully saturated rings. The molecule has 2 aliphatic heterocycles. The first-order valence-electron chi connectivity index (χ1n) is 17.4. The van der Waals surface area contributed by atoms with Gasteiger partial charge in [-0.1, -0.05) is 54.6 Å². The lowest BCUT2D eigenvalue weighted by Crippen LogP contribution is -2.52. The van der Waals surface area contributed by atoms with Gasteiger partial charge in [-0.2, -0.15) is 5.01 Å². The number of amides is 4. The van der Waals surface area contributed by atoms with Crippen LogP contribution in [0.2, 0.25) is 0 Å². The summed E-state index contributed by atoms with van der Waals surface area (Å²) in [7, 11) is 2.67. The maximum absolute atomic E-state index is 13.8. The molecule has 0 saturated carbocycles. The molecule has 6 aromatic rings. The molecule has 4 aromatic carbocycles. The number of fused-ring (bicyclic) bond motifs is 2. The van der Waals surface area contributed by atoms with Crippen molar-refractivity contribution in [3.8, 4) is 22.3 Å². The monoisotopic (exact) mass is 698 g/mol. The summed E-state index contributed by atoms with van der Waals surface area (Å²) < 4.78 is 9.77. The molecule has 13 nitrogen and oxygen atoms in total. The minimum atomic E-state index is -0.737. The van der Waals surface area contributed by atoms with Crippen molar-refractivity contribution < 1.29 is 23.9 Å². The number of nitrogens with one attached hydrogen (secondary N) is 3. The summed E-state index contributed by atoms with van der Waals surface area (Å²) in [5, 5.41) is 1.22. The Morgan fingerprint density at radius 1 is 0.692 bits per heavy atom. The molecule has 0 spiro atoms. The highest BCUT2D eigenvalue weighted by Gasteiger charge is 2.36. The number of hydrazine groups is 1. The van der Waals surface area contributed by atoms with Crippen LogP contribution in [-0.2, 0) is 9.47 Å². The average molecular weight is 699 g/mol. The van der Waals surface area contributed by atoms with E-state index in [0.29, 0.717) is 24.6 Å². The summed E-state index contributed by atoms with van der Waals surface area (Å²) in [6.45, 7) is 1.18. The lowest BCUT2D eigenvalue weighted by molar-refractivity contribution is 0.117. The van der Waals surface area contributed by atoms with Gasteiger partial charge in [-0.25, -0.2) is 29.8 Å². The van der Waals surface area contributed by atoms with Gasteiger partial charge in [-0.05, 0) is 84.3 Å². The van der Waals surface area contributed by atoms with Gasteiger partial charge in [0.15, 0.2) is 0 Å². The maximum atomic E-state index is 13.8. The Balaban J connectivity index is 1.00. The molecule has 3 N–H and O–H groups in total. The van der Waals surface area contributed by atoms with E-state index >= 15 is 0 Å². The zero-order valence-electron chi connectivity index (χ0n) is 28.8. The van der Waals surface area contributed by atoms with E-state index in [0.717, 1.165) is 75.8 Å². The first kappa shape index (κ1) is 32.8. The van der Waals surface area contributed by atoms with Gasteiger partial charge in [0.1, 0.15) is 11.6 Å². The summed E-state index contributed by atoms with van der Waals surface area (Å²) in [6, 6.07) is 28.9. The van der Waals surface area contributed by atoms with E-state index in [2.05, 4.69) is 63.9 Å². The highest BCUT2D eigenvalue weighted by atomic mass is 16.5. The highest BCUT2D eigenvalue weighted by Crippen LogP contribution is 2.35. The third kappa shape index (κ3) is 6.14. The summed E-state index contributed by atoms with van der Waals surface area (Å²) in [5.41, 5.74) is 10.8. The second-order valence-corrected chi connectivity index (χ2v) is 13.0. The molecule has 4 heterocycles. The number of aromatic nitrogens is 4. The second-order valence-electron chi connectivity index (χ2n) is 13.0. The predicted octanol–water partition coefficient (Wildman–Crippen LogP) is 7.71. The number of aromatic amines is 2. The van der Waals surface area contributed by atoms with Crippen LogP contribution in [0.25, 0.3) is 44.3 Å². The number of likely N-dealkylation sites (tertiary alicyclic amines) is 2. The standard InChI is InChI=1S/C39H38N8O5/c1-51-37(48)44-47(28-8-4-3-5-9-28)38(49)45-20-6-10-33(45)35-40-29-18-16-26(22-31(29)42-35)24-12-14-25(15-13-24)27-17-19-30-32(23-27)43-36(41-30)34-11-7-21-46(34)39(50)52-2/h3-5,8-9,12-19,22-23,33-34H,6-7,10-11,20-21H2,1-2H3,(H,40,42)(H,41,43)(H,44,48)/t33-,34-/m0/s1. The maximum Gasteiger partial charge on any atom is 0.426 e. The van der Waals surface area contributed by atoms with E-state index in [1.807, 2.05) is 18.2 Å². The van der Waals surface area contributed by atoms with E-state index in [1.54, 1.807) is 34.1 Å². The molecule has 0 aliphatic carbocycles. The quantitative estimate of drug-likeness (QED) is 0.156. The van der Waals surface area contributed by atoms with Gasteiger partial charge < -0.3 is 24.3 Å². The summed E-state index contributed by atoms with van der Waals surface area (Å²) in [4.78, 5) is 58.3. The summed E-state index contributed by atoms with van der Waals surface area (Å²) in [5.74, 6) is 1.47. The molecule has 2 aliphatic rings. The number of anilines is 1. The Bertz CT molecular complexity index is 2270. The van der Waals surface area contributed by atoms with Crippen LogP contribution in [0.15, 0.2) is 91.0 Å². The Kier molecular flexibility index (Phi) is 8.67. The number of urea groups is 1. The van der Waals surface area contributed by atoms with E-state index in [4.69, 9.17) is 19.4 Å². The topological polar surface area (TPSA) is 149 Å². The zero-order valence-corrected chi connectivity index (χ0v) is 28.8. The fourth-order valence-electron chi connectivity index (χ4n) is 7.32. The lowest BCUT2D eigenvalue weighted by atomic mass is 10.00. The molecule has 52 heavy (non-hydrogen) atoms. The molecule has 2 saturated heterocycles. The Labute approximate surface area is 299 Å². The van der Waals surface area contributed by atoms with Crippen LogP contribution in [0.5, 0.6) is 0 Å². The van der Waals surface area contributed by atoms with Crippen molar-refractivity contribution in [2.24, 2.45) is 0 Å². The van der Waals surface area contributed by atoms with Crippen LogP contribution in [-0.4, -0.2) is 75.3 Å². The average Bonchev–Trinajstić information content (AvgIpc) is 4.01. The van der Waals surface area contributed by atoms with Gasteiger partial charge in [-0.15, -0.1) is 0 Å². The van der Waals surface area contributed by atoms with Gasteiger partial charge >= 0.3 is 18.2 Å². The molecule has 0 bridgehead atoms. The number of rotatable bonds is 5. The minimum Gasteiger partial charge on any atom is -0.453 e. The molecule has 4 amide bonds. The van der Waals surface area contributed by atoms with Crippen molar-refractivity contribution >= 4 is 46.0 Å². The van der Waals surface area contributed by atoms with E-state index < -0.39 is 6.09 Å². The minimum absolute atomic E-state index is 0.120. The van der Waals surface area contributed by atoms with Crippen molar-refractivity contribution in [2.75, 3.05) is 32.3 Å². The van der Waals surface area contributed by atoms with Crippen LogP contribution < -0.4 is 10.4 Å². The molecular formula is C39H38N8O5. The van der Waals surface area contributed by atoms with Gasteiger partial charge in [0.2, 0.25) is 0 Å². The number of hydrogen-bond acceptors (Lipinski definition) is 7. The van der Waals surface area contributed by atoms with E-state index in [1.165, 1.54) is 19.2 Å². The largest absolute Gasteiger partial charge is 0.453 e. The van der Waals surface area contributed by atoms with Crippen LogP contribution in [0.4, 0.5) is 20.1 Å².